The van der Waals surface area contributed by atoms with Gasteiger partial charge in [0.1, 0.15) is 0 Å². The normalized spacial score (nSPS) is 10.7. The van der Waals surface area contributed by atoms with Crippen molar-refractivity contribution in [1.29, 1.82) is 0 Å². The highest BCUT2D eigenvalue weighted by molar-refractivity contribution is 6.03. The number of carbonyl (C=O) groups is 2. The van der Waals surface area contributed by atoms with Crippen LogP contribution in [0.25, 0.3) is 0 Å². The molecule has 0 bridgehead atoms. The minimum Gasteiger partial charge on any atom is -0.478 e. The van der Waals surface area contributed by atoms with Crippen LogP contribution in [0.5, 0.6) is 0 Å². The first-order valence-corrected chi connectivity index (χ1v) is 9.69. The van der Waals surface area contributed by atoms with Crippen molar-refractivity contribution in [3.63, 3.8) is 0 Å². The topological polar surface area (TPSA) is 74.6 Å². The lowest BCUT2D eigenvalue weighted by molar-refractivity contribution is 0.0650. The number of benzene rings is 2. The van der Waals surface area contributed by atoms with Crippen molar-refractivity contribution >= 4 is 11.9 Å². The van der Waals surface area contributed by atoms with Gasteiger partial charge in [-0.05, 0) is 42.0 Å². The van der Waals surface area contributed by atoms with Crippen LogP contribution < -0.4 is 0 Å². The lowest BCUT2D eigenvalue weighted by Gasteiger charge is -2.15. The van der Waals surface area contributed by atoms with Gasteiger partial charge in [0.2, 0.25) is 0 Å². The minimum absolute atomic E-state index is 0.0742. The number of hydrogen-bond donors (Lipinski definition) is 2. The van der Waals surface area contributed by atoms with Gasteiger partial charge >= 0.3 is 11.9 Å². The number of hydrogen-bond acceptors (Lipinski definition) is 2. The lowest BCUT2D eigenvalue weighted by atomic mass is 9.89. The molecule has 2 rings (SSSR count). The number of carboxylic acid groups (broad SMARTS) is 2. The Kier molecular flexibility index (Phi) is 8.05. The predicted octanol–water partition coefficient (Wildman–Crippen LogP) is 5.58. The highest BCUT2D eigenvalue weighted by Gasteiger charge is 2.22. The molecule has 0 saturated heterocycles. The van der Waals surface area contributed by atoms with Crippen LogP contribution in [0, 0.1) is 0 Å². The Morgan fingerprint density at radius 3 is 2.11 bits per heavy atom. The Hall–Kier alpha value is -2.62. The second-order valence-electron chi connectivity index (χ2n) is 6.92. The van der Waals surface area contributed by atoms with Crippen LogP contribution in [-0.4, -0.2) is 22.2 Å². The molecule has 0 heterocycles. The van der Waals surface area contributed by atoms with E-state index in [2.05, 4.69) is 6.92 Å². The van der Waals surface area contributed by atoms with Crippen molar-refractivity contribution in [1.82, 2.24) is 0 Å². The smallest absolute Gasteiger partial charge is 0.336 e. The zero-order chi connectivity index (χ0) is 19.6. The minimum atomic E-state index is -1.20. The van der Waals surface area contributed by atoms with Crippen LogP contribution in [0.2, 0.25) is 0 Å². The first kappa shape index (κ1) is 20.7. The number of aromatic carboxylic acids is 2. The Morgan fingerprint density at radius 1 is 0.815 bits per heavy atom. The third-order valence-corrected chi connectivity index (χ3v) is 4.88. The molecule has 144 valence electrons. The van der Waals surface area contributed by atoms with Gasteiger partial charge in [0, 0.05) is 0 Å². The van der Waals surface area contributed by atoms with Crippen molar-refractivity contribution in [3.05, 3.63) is 70.3 Å². The molecular formula is C23H28O4. The van der Waals surface area contributed by atoms with Crippen molar-refractivity contribution in [2.24, 2.45) is 0 Å². The summed E-state index contributed by atoms with van der Waals surface area (Å²) in [6, 6.07) is 12.8. The molecule has 2 aromatic carbocycles. The van der Waals surface area contributed by atoms with E-state index in [1.807, 2.05) is 30.3 Å². The third-order valence-electron chi connectivity index (χ3n) is 4.88. The molecule has 0 aliphatic carbocycles. The van der Waals surface area contributed by atoms with Crippen molar-refractivity contribution < 1.29 is 19.8 Å². The van der Waals surface area contributed by atoms with Crippen LogP contribution in [0.1, 0.15) is 82.9 Å². The summed E-state index contributed by atoms with van der Waals surface area (Å²) in [5.41, 5.74) is 2.33. The summed E-state index contributed by atoms with van der Waals surface area (Å²) < 4.78 is 0. The van der Waals surface area contributed by atoms with Crippen molar-refractivity contribution in [3.8, 4) is 0 Å². The highest BCUT2D eigenvalue weighted by atomic mass is 16.4. The van der Waals surface area contributed by atoms with Gasteiger partial charge in [-0.3, -0.25) is 0 Å². The molecule has 0 spiro atoms. The van der Waals surface area contributed by atoms with Gasteiger partial charge in [-0.1, -0.05) is 75.4 Å². The molecule has 2 aromatic rings. The molecule has 0 fully saturated rings. The maximum Gasteiger partial charge on any atom is 0.336 e. The third kappa shape index (κ3) is 5.95. The zero-order valence-corrected chi connectivity index (χ0v) is 15.9. The Labute approximate surface area is 160 Å². The lowest BCUT2D eigenvalue weighted by Crippen LogP contribution is -2.14. The molecule has 4 nitrogen and oxygen atoms in total. The van der Waals surface area contributed by atoms with E-state index in [0.717, 1.165) is 30.4 Å². The predicted molar refractivity (Wildman–Crippen MR) is 107 cm³/mol. The molecule has 2 N–H and O–H groups in total. The molecule has 0 aliphatic heterocycles. The van der Waals surface area contributed by atoms with E-state index >= 15 is 0 Å². The van der Waals surface area contributed by atoms with Crippen molar-refractivity contribution in [2.45, 2.75) is 58.3 Å². The van der Waals surface area contributed by atoms with Gasteiger partial charge in [-0.2, -0.15) is 0 Å². The van der Waals surface area contributed by atoms with Crippen molar-refractivity contribution in [2.75, 3.05) is 0 Å². The Morgan fingerprint density at radius 2 is 1.48 bits per heavy atom. The summed E-state index contributed by atoms with van der Waals surface area (Å²) in [7, 11) is 0. The molecule has 0 amide bonds. The van der Waals surface area contributed by atoms with Gasteiger partial charge in [-0.15, -0.1) is 0 Å². The van der Waals surface area contributed by atoms with Gasteiger partial charge in [0.25, 0.3) is 0 Å². The van der Waals surface area contributed by atoms with Gasteiger partial charge in [0.05, 0.1) is 11.1 Å². The van der Waals surface area contributed by atoms with E-state index in [4.69, 9.17) is 0 Å². The summed E-state index contributed by atoms with van der Waals surface area (Å²) in [6.45, 7) is 2.19. The average molecular weight is 368 g/mol. The van der Waals surface area contributed by atoms with Crippen LogP contribution in [0.15, 0.2) is 42.5 Å². The second-order valence-corrected chi connectivity index (χ2v) is 6.92. The summed E-state index contributed by atoms with van der Waals surface area (Å²) in [5.74, 6) is -2.38. The quantitative estimate of drug-likeness (QED) is 0.508. The number of aryl methyl sites for hydroxylation is 1. The Balaban J connectivity index is 2.30. The van der Waals surface area contributed by atoms with E-state index < -0.39 is 11.9 Å². The molecule has 0 saturated carbocycles. The number of rotatable bonds is 11. The molecule has 0 atom stereocenters. The second kappa shape index (κ2) is 10.5. The molecular weight excluding hydrogens is 340 g/mol. The van der Waals surface area contributed by atoms with Crippen LogP contribution >= 0.6 is 0 Å². The van der Waals surface area contributed by atoms with E-state index in [-0.39, 0.29) is 11.1 Å². The summed E-state index contributed by atoms with van der Waals surface area (Å²) in [4.78, 5) is 23.4. The zero-order valence-electron chi connectivity index (χ0n) is 15.9. The highest BCUT2D eigenvalue weighted by Crippen LogP contribution is 2.25. The van der Waals surface area contributed by atoms with Gasteiger partial charge in [-0.25, -0.2) is 9.59 Å². The molecule has 27 heavy (non-hydrogen) atoms. The first-order valence-electron chi connectivity index (χ1n) is 9.69. The van der Waals surface area contributed by atoms with Gasteiger partial charge in [0.15, 0.2) is 0 Å². The van der Waals surface area contributed by atoms with E-state index in [9.17, 15) is 19.8 Å². The summed E-state index contributed by atoms with van der Waals surface area (Å²) >= 11 is 0. The monoisotopic (exact) mass is 368 g/mol. The summed E-state index contributed by atoms with van der Waals surface area (Å²) in [6.07, 6.45) is 8.15. The van der Waals surface area contributed by atoms with Crippen LogP contribution in [0.4, 0.5) is 0 Å². The summed E-state index contributed by atoms with van der Waals surface area (Å²) in [5, 5.41) is 19.1. The first-order chi connectivity index (χ1) is 13.0. The SMILES string of the molecule is CCCCCCCCc1ccc(C(=O)O)c(C(=O)O)c1Cc1ccccc1. The van der Waals surface area contributed by atoms with Gasteiger partial charge < -0.3 is 10.2 Å². The molecule has 0 aliphatic rings. The molecule has 0 radical (unpaired) electrons. The van der Waals surface area contributed by atoms with E-state index in [0.29, 0.717) is 12.0 Å². The van der Waals surface area contributed by atoms with Crippen LogP contribution in [0.3, 0.4) is 0 Å². The maximum atomic E-state index is 11.9. The maximum absolute atomic E-state index is 11.9. The molecule has 4 heteroatoms. The standard InChI is InChI=1S/C23H28O4/c1-2-3-4-5-6-10-13-18-14-15-19(22(24)25)21(23(26)27)20(18)16-17-11-8-7-9-12-17/h7-9,11-12,14-15H,2-6,10,13,16H2,1H3,(H,24,25)(H,26,27). The van der Waals surface area contributed by atoms with Crippen LogP contribution in [-0.2, 0) is 12.8 Å². The average Bonchev–Trinajstić information content (AvgIpc) is 2.65. The fourth-order valence-corrected chi connectivity index (χ4v) is 3.45. The fraction of sp³-hybridized carbons (Fsp3) is 0.391. The fourth-order valence-electron chi connectivity index (χ4n) is 3.45. The molecule has 0 aromatic heterocycles. The van der Waals surface area contributed by atoms with E-state index in [1.165, 1.54) is 31.7 Å². The number of unbranched alkanes of at least 4 members (excludes halogenated alkanes) is 5. The Bertz CT molecular complexity index is 765. The largest absolute Gasteiger partial charge is 0.478 e. The number of carboxylic acids is 2. The van der Waals surface area contributed by atoms with E-state index in [1.54, 1.807) is 6.07 Å². The molecule has 0 unspecified atom stereocenters.